The molecule has 1 amide bonds. The van der Waals surface area contributed by atoms with Gasteiger partial charge in [0.2, 0.25) is 5.91 Å². The van der Waals surface area contributed by atoms with Gasteiger partial charge in [0.15, 0.2) is 0 Å². The van der Waals surface area contributed by atoms with Gasteiger partial charge in [0, 0.05) is 25.2 Å². The van der Waals surface area contributed by atoms with Crippen LogP contribution in [0, 0.1) is 17.6 Å². The van der Waals surface area contributed by atoms with E-state index in [0.29, 0.717) is 19.0 Å². The average molecular weight is 436 g/mol. The zero-order valence-corrected chi connectivity index (χ0v) is 16.4. The number of hydrogen-bond acceptors (Lipinski definition) is 3. The largest absolute Gasteiger partial charge is 0.490 e. The molecule has 0 aromatic heterocycles. The fraction of sp³-hybridized carbons (Fsp3) is 0.600. The molecule has 5 nitrogen and oxygen atoms in total. The van der Waals surface area contributed by atoms with Crippen LogP contribution in [0.4, 0.5) is 22.0 Å². The molecule has 3 rings (SSSR count). The van der Waals surface area contributed by atoms with Crippen LogP contribution in [0.1, 0.15) is 31.2 Å². The van der Waals surface area contributed by atoms with Crippen LogP contribution in [0.2, 0.25) is 0 Å². The monoisotopic (exact) mass is 436 g/mol. The average Bonchev–Trinajstić information content (AvgIpc) is 3.17. The Morgan fingerprint density at radius 3 is 2.13 bits per heavy atom. The van der Waals surface area contributed by atoms with Crippen LogP contribution in [0.25, 0.3) is 0 Å². The lowest BCUT2D eigenvalue weighted by Gasteiger charge is -2.34. The van der Waals surface area contributed by atoms with E-state index in [1.54, 1.807) is 4.90 Å². The second kappa shape index (κ2) is 10.7. The third-order valence-electron chi connectivity index (χ3n) is 5.22. The number of carboxylic acid groups (broad SMARTS) is 1. The summed E-state index contributed by atoms with van der Waals surface area (Å²) < 4.78 is 59.2. The minimum absolute atomic E-state index is 0.112. The van der Waals surface area contributed by atoms with E-state index in [1.165, 1.54) is 31.0 Å². The molecule has 2 heterocycles. The molecule has 0 saturated carbocycles. The summed E-state index contributed by atoms with van der Waals surface area (Å²) in [7, 11) is 0. The summed E-state index contributed by atoms with van der Waals surface area (Å²) in [5, 5.41) is 7.12. The molecule has 1 atom stereocenters. The number of carbonyl (C=O) groups excluding carboxylic acids is 1. The van der Waals surface area contributed by atoms with Crippen LogP contribution in [0.3, 0.4) is 0 Å². The number of benzene rings is 1. The van der Waals surface area contributed by atoms with E-state index < -0.39 is 23.8 Å². The molecule has 0 spiro atoms. The summed E-state index contributed by atoms with van der Waals surface area (Å²) in [6.07, 6.45) is -0.628. The van der Waals surface area contributed by atoms with Gasteiger partial charge in [-0.2, -0.15) is 13.2 Å². The van der Waals surface area contributed by atoms with E-state index in [4.69, 9.17) is 9.90 Å². The molecule has 30 heavy (non-hydrogen) atoms. The van der Waals surface area contributed by atoms with Gasteiger partial charge in [-0.15, -0.1) is 0 Å². The quantitative estimate of drug-likeness (QED) is 0.735. The Labute approximate surface area is 171 Å². The maximum absolute atomic E-state index is 13.7. The molecule has 2 aliphatic rings. The Bertz CT molecular complexity index is 715. The van der Waals surface area contributed by atoms with Crippen molar-refractivity contribution in [2.24, 2.45) is 5.92 Å². The van der Waals surface area contributed by atoms with Gasteiger partial charge in [0.25, 0.3) is 0 Å². The van der Waals surface area contributed by atoms with Crippen molar-refractivity contribution in [2.75, 3.05) is 32.7 Å². The molecule has 1 unspecified atom stereocenters. The number of nitrogens with zero attached hydrogens (tertiary/aromatic N) is 2. The van der Waals surface area contributed by atoms with E-state index in [1.807, 2.05) is 0 Å². The summed E-state index contributed by atoms with van der Waals surface area (Å²) >= 11 is 0. The van der Waals surface area contributed by atoms with Crippen LogP contribution in [-0.2, 0) is 16.0 Å². The van der Waals surface area contributed by atoms with Crippen LogP contribution >= 0.6 is 0 Å². The first-order chi connectivity index (χ1) is 14.1. The maximum atomic E-state index is 13.7. The fourth-order valence-electron chi connectivity index (χ4n) is 3.74. The van der Waals surface area contributed by atoms with Crippen molar-refractivity contribution < 1.29 is 36.6 Å². The normalized spacial score (nSPS) is 19.9. The van der Waals surface area contributed by atoms with Gasteiger partial charge in [-0.25, -0.2) is 13.6 Å². The maximum Gasteiger partial charge on any atom is 0.490 e. The van der Waals surface area contributed by atoms with Gasteiger partial charge in [-0.1, -0.05) is 6.07 Å². The van der Waals surface area contributed by atoms with Crippen molar-refractivity contribution in [2.45, 2.75) is 38.3 Å². The Balaban J connectivity index is 0.000000396. The van der Waals surface area contributed by atoms with Gasteiger partial charge in [0.1, 0.15) is 11.6 Å². The molecular formula is C20H25F5N2O3. The highest BCUT2D eigenvalue weighted by molar-refractivity contribution is 5.79. The zero-order chi connectivity index (χ0) is 22.3. The molecule has 0 aliphatic carbocycles. The predicted molar refractivity (Wildman–Crippen MR) is 98.7 cm³/mol. The molecule has 1 aromatic carbocycles. The van der Waals surface area contributed by atoms with Gasteiger partial charge in [-0.3, -0.25) is 4.79 Å². The Hall–Kier alpha value is -2.23. The number of halogens is 5. The second-order valence-electron chi connectivity index (χ2n) is 7.54. The number of likely N-dealkylation sites (tertiary alicyclic amines) is 2. The Morgan fingerprint density at radius 1 is 1.03 bits per heavy atom. The first-order valence-electron chi connectivity index (χ1n) is 9.81. The number of hydrogen-bond donors (Lipinski definition) is 1. The van der Waals surface area contributed by atoms with Gasteiger partial charge < -0.3 is 14.9 Å². The van der Waals surface area contributed by atoms with Crippen molar-refractivity contribution in [3.8, 4) is 0 Å². The standard InChI is InChI=1S/C18H24F2N2O.C2HF3O2/c19-16-6-3-7-17(20)15(16)11-18(23)22-10-4-5-14(13-22)12-21-8-1-2-9-21;3-2(4,5)1(6)7/h3,6-7,14H,1-2,4-5,8-13H2;(H,6,7). The first-order valence-corrected chi connectivity index (χ1v) is 9.81. The van der Waals surface area contributed by atoms with Gasteiger partial charge >= 0.3 is 12.1 Å². The Kier molecular flexibility index (Phi) is 8.57. The number of carbonyl (C=O) groups is 2. The number of piperidine rings is 1. The summed E-state index contributed by atoms with van der Waals surface area (Å²) in [6.45, 7) is 4.77. The minimum atomic E-state index is -5.08. The summed E-state index contributed by atoms with van der Waals surface area (Å²) in [5.74, 6) is -3.71. The molecule has 1 aromatic rings. The zero-order valence-electron chi connectivity index (χ0n) is 16.4. The highest BCUT2D eigenvalue weighted by atomic mass is 19.4. The topological polar surface area (TPSA) is 60.9 Å². The number of rotatable bonds is 4. The van der Waals surface area contributed by atoms with Crippen LogP contribution in [-0.4, -0.2) is 65.7 Å². The van der Waals surface area contributed by atoms with Crippen molar-refractivity contribution in [3.63, 3.8) is 0 Å². The Morgan fingerprint density at radius 2 is 1.60 bits per heavy atom. The number of carboxylic acids is 1. The fourth-order valence-corrected chi connectivity index (χ4v) is 3.74. The number of aliphatic carboxylic acids is 1. The first kappa shape index (κ1) is 24.0. The summed E-state index contributed by atoms with van der Waals surface area (Å²) in [6, 6.07) is 3.74. The van der Waals surface area contributed by atoms with Crippen molar-refractivity contribution >= 4 is 11.9 Å². The third kappa shape index (κ3) is 7.23. The van der Waals surface area contributed by atoms with Crippen LogP contribution in [0.15, 0.2) is 18.2 Å². The molecule has 0 radical (unpaired) electrons. The molecule has 2 fully saturated rings. The lowest BCUT2D eigenvalue weighted by Crippen LogP contribution is -2.44. The van der Waals surface area contributed by atoms with Gasteiger partial charge in [0.05, 0.1) is 6.42 Å². The van der Waals surface area contributed by atoms with E-state index in [0.717, 1.165) is 32.5 Å². The molecule has 10 heteroatoms. The molecular weight excluding hydrogens is 411 g/mol. The second-order valence-corrected chi connectivity index (χ2v) is 7.54. The third-order valence-corrected chi connectivity index (χ3v) is 5.22. The van der Waals surface area contributed by atoms with Crippen molar-refractivity contribution in [3.05, 3.63) is 35.4 Å². The molecule has 1 N–H and O–H groups in total. The van der Waals surface area contributed by atoms with Crippen molar-refractivity contribution in [1.29, 1.82) is 0 Å². The lowest BCUT2D eigenvalue weighted by atomic mass is 9.96. The number of amides is 1. The van der Waals surface area contributed by atoms with Crippen LogP contribution in [0.5, 0.6) is 0 Å². The highest BCUT2D eigenvalue weighted by Gasteiger charge is 2.38. The predicted octanol–water partition coefficient (Wildman–Crippen LogP) is 3.48. The molecule has 0 bridgehead atoms. The van der Waals surface area contributed by atoms with Gasteiger partial charge in [-0.05, 0) is 56.8 Å². The van der Waals surface area contributed by atoms with E-state index in [2.05, 4.69) is 4.90 Å². The van der Waals surface area contributed by atoms with E-state index in [-0.39, 0.29) is 17.9 Å². The highest BCUT2D eigenvalue weighted by Crippen LogP contribution is 2.21. The van der Waals surface area contributed by atoms with Crippen molar-refractivity contribution in [1.82, 2.24) is 9.80 Å². The summed E-state index contributed by atoms with van der Waals surface area (Å²) in [4.78, 5) is 25.6. The summed E-state index contributed by atoms with van der Waals surface area (Å²) in [5.41, 5.74) is -0.112. The smallest absolute Gasteiger partial charge is 0.475 e. The van der Waals surface area contributed by atoms with Crippen LogP contribution < -0.4 is 0 Å². The molecule has 2 aliphatic heterocycles. The SMILES string of the molecule is O=C(Cc1c(F)cccc1F)N1CCCC(CN2CCCC2)C1.O=C(O)C(F)(F)F. The van der Waals surface area contributed by atoms with E-state index in [9.17, 15) is 26.7 Å². The minimum Gasteiger partial charge on any atom is -0.475 e. The van der Waals surface area contributed by atoms with E-state index >= 15 is 0 Å². The lowest BCUT2D eigenvalue weighted by molar-refractivity contribution is -0.192. The molecule has 2 saturated heterocycles. The molecule has 168 valence electrons. The number of alkyl halides is 3.